The molecular weight excluding hydrogens is 338 g/mol. The second kappa shape index (κ2) is 8.00. The normalized spacial score (nSPS) is 28.3. The van der Waals surface area contributed by atoms with Gasteiger partial charge < -0.3 is 15.4 Å². The molecule has 10 heteroatoms. The van der Waals surface area contributed by atoms with Crippen molar-refractivity contribution in [2.45, 2.75) is 63.9 Å². The molecule has 0 radical (unpaired) electrons. The first-order chi connectivity index (χ1) is 12.4. The molecule has 2 fully saturated rings. The summed E-state index contributed by atoms with van der Waals surface area (Å²) in [6.45, 7) is 3.81. The van der Waals surface area contributed by atoms with Gasteiger partial charge >= 0.3 is 6.09 Å². The second-order valence-corrected chi connectivity index (χ2v) is 7.30. The molecule has 1 aromatic rings. The molecule has 0 spiro atoms. The van der Waals surface area contributed by atoms with Gasteiger partial charge in [-0.25, -0.2) is 14.9 Å². The Kier molecular flexibility index (Phi) is 5.72. The molecule has 144 valence electrons. The van der Waals surface area contributed by atoms with Crippen molar-refractivity contribution in [2.75, 3.05) is 0 Å². The first-order valence-electron chi connectivity index (χ1n) is 9.06. The standard InChI is InChI=1S/C16H27N7O3/c1-9(2)18-16(25)26-11-5-4-10(6-11)12-7-14(21-20-12)19-15(24)13-8-17-22-23(13)3/h8-12,14,20-21H,4-7H2,1-3H3,(H,18,25)(H,19,24)/t10-,11+,12?,14?/m1/s1. The summed E-state index contributed by atoms with van der Waals surface area (Å²) in [7, 11) is 1.68. The second-order valence-electron chi connectivity index (χ2n) is 7.30. The lowest BCUT2D eigenvalue weighted by Crippen LogP contribution is -2.45. The van der Waals surface area contributed by atoms with E-state index < -0.39 is 0 Å². The molecule has 1 aliphatic carbocycles. The molecule has 2 amide bonds. The highest BCUT2D eigenvalue weighted by Crippen LogP contribution is 2.32. The van der Waals surface area contributed by atoms with E-state index in [0.717, 1.165) is 25.7 Å². The van der Waals surface area contributed by atoms with Crippen molar-refractivity contribution in [3.63, 3.8) is 0 Å². The lowest BCUT2D eigenvalue weighted by molar-refractivity contribution is 0.0917. The number of aromatic nitrogens is 3. The Hall–Kier alpha value is -2.20. The highest BCUT2D eigenvalue weighted by Gasteiger charge is 2.37. The van der Waals surface area contributed by atoms with E-state index in [0.29, 0.717) is 11.6 Å². The van der Waals surface area contributed by atoms with Crippen LogP contribution in [0.15, 0.2) is 6.20 Å². The summed E-state index contributed by atoms with van der Waals surface area (Å²) in [5.74, 6) is 0.190. The summed E-state index contributed by atoms with van der Waals surface area (Å²) in [4.78, 5) is 24.0. The smallest absolute Gasteiger partial charge is 0.407 e. The van der Waals surface area contributed by atoms with Crippen molar-refractivity contribution in [2.24, 2.45) is 13.0 Å². The van der Waals surface area contributed by atoms with Crippen molar-refractivity contribution in [1.82, 2.24) is 36.5 Å². The van der Waals surface area contributed by atoms with E-state index in [1.807, 2.05) is 13.8 Å². The molecule has 3 rings (SSSR count). The quantitative estimate of drug-likeness (QED) is 0.581. The highest BCUT2D eigenvalue weighted by atomic mass is 16.6. The number of hydrogen-bond acceptors (Lipinski definition) is 7. The summed E-state index contributed by atoms with van der Waals surface area (Å²) >= 11 is 0. The van der Waals surface area contributed by atoms with Crippen molar-refractivity contribution in [3.05, 3.63) is 11.9 Å². The van der Waals surface area contributed by atoms with E-state index in [1.54, 1.807) is 7.05 Å². The average molecular weight is 365 g/mol. The van der Waals surface area contributed by atoms with Crippen LogP contribution in [0, 0.1) is 5.92 Å². The molecule has 2 unspecified atom stereocenters. The van der Waals surface area contributed by atoms with E-state index in [1.165, 1.54) is 10.9 Å². The van der Waals surface area contributed by atoms with Crippen LogP contribution < -0.4 is 21.5 Å². The Balaban J connectivity index is 1.44. The zero-order valence-corrected chi connectivity index (χ0v) is 15.4. The number of alkyl carbamates (subject to hydrolysis) is 1. The summed E-state index contributed by atoms with van der Waals surface area (Å²) < 4.78 is 6.92. The van der Waals surface area contributed by atoms with Crippen molar-refractivity contribution in [1.29, 1.82) is 0 Å². The number of nitrogens with zero attached hydrogens (tertiary/aromatic N) is 3. The maximum absolute atomic E-state index is 12.2. The molecule has 1 aromatic heterocycles. The molecular formula is C16H27N7O3. The third kappa shape index (κ3) is 4.50. The van der Waals surface area contributed by atoms with Gasteiger partial charge in [-0.3, -0.25) is 10.2 Å². The number of hydrogen-bond donors (Lipinski definition) is 4. The number of nitrogens with one attached hydrogen (secondary N) is 4. The first kappa shape index (κ1) is 18.6. The minimum atomic E-state index is -0.349. The number of ether oxygens (including phenoxy) is 1. The maximum atomic E-state index is 12.2. The fourth-order valence-corrected chi connectivity index (χ4v) is 3.58. The molecule has 4 atom stereocenters. The molecule has 0 bridgehead atoms. The number of rotatable bonds is 5. The van der Waals surface area contributed by atoms with Crippen molar-refractivity contribution in [3.8, 4) is 0 Å². The minimum Gasteiger partial charge on any atom is -0.446 e. The fraction of sp³-hybridized carbons (Fsp3) is 0.750. The fourth-order valence-electron chi connectivity index (χ4n) is 3.58. The van der Waals surface area contributed by atoms with Gasteiger partial charge in [-0.1, -0.05) is 5.21 Å². The average Bonchev–Trinajstić information content (AvgIpc) is 3.27. The van der Waals surface area contributed by atoms with E-state index in [4.69, 9.17) is 4.74 Å². The summed E-state index contributed by atoms with van der Waals surface area (Å²) in [6, 6.07) is 0.297. The number of aryl methyl sites for hydroxylation is 1. The van der Waals surface area contributed by atoms with Crippen LogP contribution in [0.5, 0.6) is 0 Å². The van der Waals surface area contributed by atoms with E-state index >= 15 is 0 Å². The van der Waals surface area contributed by atoms with Gasteiger partial charge in [-0.05, 0) is 45.4 Å². The molecule has 26 heavy (non-hydrogen) atoms. The Morgan fingerprint density at radius 2 is 2.12 bits per heavy atom. The van der Waals surface area contributed by atoms with Crippen LogP contribution in [-0.4, -0.2) is 51.3 Å². The van der Waals surface area contributed by atoms with Crippen molar-refractivity contribution >= 4 is 12.0 Å². The Bertz CT molecular complexity index is 648. The van der Waals surface area contributed by atoms with E-state index in [-0.39, 0.29) is 36.4 Å². The molecule has 4 N–H and O–H groups in total. The van der Waals surface area contributed by atoms with Crippen LogP contribution >= 0.6 is 0 Å². The SMILES string of the molecule is CC(C)NC(=O)O[C@H]1CC[C@@H](C2CC(NC(=O)c3cnnn3C)NN2)C1. The van der Waals surface area contributed by atoms with Crippen LogP contribution in [0.25, 0.3) is 0 Å². The maximum Gasteiger partial charge on any atom is 0.407 e. The van der Waals surface area contributed by atoms with Crippen LogP contribution in [0.2, 0.25) is 0 Å². The Labute approximate surface area is 152 Å². The van der Waals surface area contributed by atoms with Crippen molar-refractivity contribution < 1.29 is 14.3 Å². The molecule has 1 saturated carbocycles. The third-order valence-electron chi connectivity index (χ3n) is 4.86. The largest absolute Gasteiger partial charge is 0.446 e. The topological polar surface area (TPSA) is 122 Å². The molecule has 2 aliphatic rings. The Morgan fingerprint density at radius 1 is 1.31 bits per heavy atom. The number of carbonyl (C=O) groups excluding carboxylic acids is 2. The van der Waals surface area contributed by atoms with Gasteiger partial charge in [0.25, 0.3) is 5.91 Å². The van der Waals surface area contributed by atoms with Gasteiger partial charge in [-0.2, -0.15) is 0 Å². The molecule has 2 heterocycles. The molecule has 1 saturated heterocycles. The monoisotopic (exact) mass is 365 g/mol. The van der Waals surface area contributed by atoms with Crippen LogP contribution in [0.1, 0.15) is 50.0 Å². The highest BCUT2D eigenvalue weighted by molar-refractivity contribution is 5.92. The van der Waals surface area contributed by atoms with Crippen LogP contribution in [-0.2, 0) is 11.8 Å². The molecule has 1 aliphatic heterocycles. The third-order valence-corrected chi connectivity index (χ3v) is 4.86. The van der Waals surface area contributed by atoms with Gasteiger partial charge in [-0.15, -0.1) is 5.10 Å². The lowest BCUT2D eigenvalue weighted by atomic mass is 9.96. The number of amides is 2. The van der Waals surface area contributed by atoms with E-state index in [2.05, 4.69) is 31.8 Å². The zero-order valence-electron chi connectivity index (χ0n) is 15.4. The Morgan fingerprint density at radius 3 is 2.81 bits per heavy atom. The predicted molar refractivity (Wildman–Crippen MR) is 92.8 cm³/mol. The van der Waals surface area contributed by atoms with Gasteiger partial charge in [0.15, 0.2) is 0 Å². The number of hydrazine groups is 1. The van der Waals surface area contributed by atoms with E-state index in [9.17, 15) is 9.59 Å². The first-order valence-corrected chi connectivity index (χ1v) is 9.06. The van der Waals surface area contributed by atoms with Gasteiger partial charge in [0.2, 0.25) is 0 Å². The van der Waals surface area contributed by atoms with Gasteiger partial charge in [0.05, 0.1) is 12.4 Å². The summed E-state index contributed by atoms with van der Waals surface area (Å²) in [5.41, 5.74) is 6.80. The zero-order chi connectivity index (χ0) is 18.7. The van der Waals surface area contributed by atoms with Gasteiger partial charge in [0.1, 0.15) is 11.8 Å². The minimum absolute atomic E-state index is 0.0466. The van der Waals surface area contributed by atoms with Gasteiger partial charge in [0, 0.05) is 19.1 Å². The lowest BCUT2D eigenvalue weighted by Gasteiger charge is -2.18. The molecule has 10 nitrogen and oxygen atoms in total. The summed E-state index contributed by atoms with van der Waals surface area (Å²) in [5, 5.41) is 13.2. The summed E-state index contributed by atoms with van der Waals surface area (Å²) in [6.07, 6.45) is 4.34. The predicted octanol–water partition coefficient (Wildman–Crippen LogP) is 0.0408. The molecule has 0 aromatic carbocycles. The number of carbonyl (C=O) groups is 2. The van der Waals surface area contributed by atoms with Crippen LogP contribution in [0.3, 0.4) is 0 Å². The van der Waals surface area contributed by atoms with Crippen LogP contribution in [0.4, 0.5) is 4.79 Å².